The van der Waals surface area contributed by atoms with Crippen LogP contribution in [-0.4, -0.2) is 8.42 Å². The first-order chi connectivity index (χ1) is 8.90. The zero-order chi connectivity index (χ0) is 14.0. The van der Waals surface area contributed by atoms with Gasteiger partial charge in [-0.25, -0.2) is 13.2 Å². The Balaban J connectivity index is 2.41. The van der Waals surface area contributed by atoms with Crippen molar-refractivity contribution >= 4 is 10.1 Å². The average Bonchev–Trinajstić information content (AvgIpc) is 2.31. The van der Waals surface area contributed by atoms with Crippen LogP contribution < -0.4 is 4.18 Å². The molecule has 2 aromatic carbocycles. The predicted octanol–water partition coefficient (Wildman–Crippen LogP) is 2.87. The van der Waals surface area contributed by atoms with E-state index in [1.807, 2.05) is 0 Å². The van der Waals surface area contributed by atoms with Gasteiger partial charge in [-0.05, 0) is 24.3 Å². The first-order valence-electron chi connectivity index (χ1n) is 5.04. The normalized spacial score (nSPS) is 11.3. The minimum Gasteiger partial charge on any atom is -0.376 e. The summed E-state index contributed by atoms with van der Waals surface area (Å²) in [5.41, 5.74) is 0. The van der Waals surface area contributed by atoms with Crippen molar-refractivity contribution in [2.24, 2.45) is 0 Å². The standard InChI is InChI=1S/C12H7F3O3S/c13-8-5-6-12(10(15)7-8)19(16,17)18-11-4-2-1-3-9(11)14/h1-7H. The molecule has 0 radical (unpaired) electrons. The first kappa shape index (κ1) is 13.4. The van der Waals surface area contributed by atoms with Gasteiger partial charge in [0.1, 0.15) is 16.5 Å². The number of hydrogen-bond acceptors (Lipinski definition) is 3. The van der Waals surface area contributed by atoms with Gasteiger partial charge in [0.05, 0.1) is 0 Å². The van der Waals surface area contributed by atoms with Gasteiger partial charge < -0.3 is 4.18 Å². The fourth-order valence-electron chi connectivity index (χ4n) is 1.35. The predicted molar refractivity (Wildman–Crippen MR) is 60.6 cm³/mol. The molecule has 0 fully saturated rings. The van der Waals surface area contributed by atoms with E-state index < -0.39 is 38.2 Å². The molecule has 0 aromatic heterocycles. The zero-order valence-corrected chi connectivity index (χ0v) is 10.1. The molecule has 3 nitrogen and oxygen atoms in total. The van der Waals surface area contributed by atoms with E-state index in [0.29, 0.717) is 12.1 Å². The van der Waals surface area contributed by atoms with Gasteiger partial charge in [-0.2, -0.15) is 8.42 Å². The SMILES string of the molecule is O=S(=O)(Oc1ccccc1F)c1ccc(F)cc1F. The van der Waals surface area contributed by atoms with Gasteiger partial charge in [0.15, 0.2) is 11.6 Å². The number of benzene rings is 2. The van der Waals surface area contributed by atoms with E-state index in [-0.39, 0.29) is 0 Å². The van der Waals surface area contributed by atoms with Crippen LogP contribution in [0.15, 0.2) is 47.4 Å². The highest BCUT2D eigenvalue weighted by Gasteiger charge is 2.23. The van der Waals surface area contributed by atoms with E-state index in [2.05, 4.69) is 4.18 Å². The summed E-state index contributed by atoms with van der Waals surface area (Å²) < 4.78 is 67.2. The van der Waals surface area contributed by atoms with E-state index in [4.69, 9.17) is 0 Å². The molecular formula is C12H7F3O3S. The molecule has 0 aliphatic carbocycles. The van der Waals surface area contributed by atoms with Crippen molar-refractivity contribution < 1.29 is 25.8 Å². The maximum Gasteiger partial charge on any atom is 0.342 e. The Morgan fingerprint density at radius 2 is 1.58 bits per heavy atom. The van der Waals surface area contributed by atoms with E-state index >= 15 is 0 Å². The number of rotatable bonds is 3. The molecular weight excluding hydrogens is 281 g/mol. The lowest BCUT2D eigenvalue weighted by Crippen LogP contribution is -2.12. The van der Waals surface area contributed by atoms with Crippen LogP contribution in [-0.2, 0) is 10.1 Å². The van der Waals surface area contributed by atoms with Crippen molar-refractivity contribution in [2.75, 3.05) is 0 Å². The van der Waals surface area contributed by atoms with Crippen LogP contribution in [0.3, 0.4) is 0 Å². The van der Waals surface area contributed by atoms with Gasteiger partial charge in [0.2, 0.25) is 0 Å². The van der Waals surface area contributed by atoms with Crippen molar-refractivity contribution in [1.82, 2.24) is 0 Å². The molecule has 0 unspecified atom stereocenters. The Morgan fingerprint density at radius 3 is 2.21 bits per heavy atom. The van der Waals surface area contributed by atoms with Gasteiger partial charge in [0, 0.05) is 6.07 Å². The second-order valence-electron chi connectivity index (χ2n) is 3.54. The largest absolute Gasteiger partial charge is 0.376 e. The minimum absolute atomic E-state index is 0.400. The van der Waals surface area contributed by atoms with Crippen LogP contribution in [0, 0.1) is 17.5 Å². The third-order valence-electron chi connectivity index (χ3n) is 2.20. The molecule has 0 aliphatic rings. The summed E-state index contributed by atoms with van der Waals surface area (Å²) >= 11 is 0. The lowest BCUT2D eigenvalue weighted by molar-refractivity contribution is 0.454. The minimum atomic E-state index is -4.56. The second-order valence-corrected chi connectivity index (χ2v) is 5.06. The molecule has 0 amide bonds. The summed E-state index contributed by atoms with van der Waals surface area (Å²) in [5, 5.41) is 0. The van der Waals surface area contributed by atoms with Crippen LogP contribution in [0.2, 0.25) is 0 Å². The maximum atomic E-state index is 13.4. The molecule has 0 atom stereocenters. The smallest absolute Gasteiger partial charge is 0.342 e. The van der Waals surface area contributed by atoms with E-state index in [9.17, 15) is 21.6 Å². The third kappa shape index (κ3) is 2.87. The molecule has 0 saturated heterocycles. The van der Waals surface area contributed by atoms with Gasteiger partial charge in [-0.1, -0.05) is 12.1 Å². The highest BCUT2D eigenvalue weighted by molar-refractivity contribution is 7.87. The van der Waals surface area contributed by atoms with E-state index in [1.54, 1.807) is 0 Å². The maximum absolute atomic E-state index is 13.4. The molecule has 2 aromatic rings. The zero-order valence-electron chi connectivity index (χ0n) is 9.31. The summed E-state index contributed by atoms with van der Waals surface area (Å²) in [6.07, 6.45) is 0. The van der Waals surface area contributed by atoms with Gasteiger partial charge in [0.25, 0.3) is 0 Å². The van der Waals surface area contributed by atoms with Crippen molar-refractivity contribution in [3.8, 4) is 5.75 Å². The molecule has 0 bridgehead atoms. The Kier molecular flexibility index (Phi) is 3.48. The third-order valence-corrected chi connectivity index (χ3v) is 3.47. The Bertz CT molecular complexity index is 714. The lowest BCUT2D eigenvalue weighted by Gasteiger charge is -2.08. The van der Waals surface area contributed by atoms with Crippen molar-refractivity contribution in [2.45, 2.75) is 4.90 Å². The molecule has 19 heavy (non-hydrogen) atoms. The summed E-state index contributed by atoms with van der Waals surface area (Å²) in [5.74, 6) is -3.71. The van der Waals surface area contributed by atoms with Crippen molar-refractivity contribution in [3.05, 3.63) is 59.9 Å². The van der Waals surface area contributed by atoms with Crippen molar-refractivity contribution in [3.63, 3.8) is 0 Å². The Morgan fingerprint density at radius 1 is 0.895 bits per heavy atom. The second kappa shape index (κ2) is 4.93. The van der Waals surface area contributed by atoms with Gasteiger partial charge >= 0.3 is 10.1 Å². The molecule has 2 rings (SSSR count). The Hall–Kier alpha value is -2.02. The number of hydrogen-bond donors (Lipinski definition) is 0. The van der Waals surface area contributed by atoms with Crippen LogP contribution in [0.4, 0.5) is 13.2 Å². The molecule has 100 valence electrons. The van der Waals surface area contributed by atoms with Gasteiger partial charge in [-0.3, -0.25) is 0 Å². The fourth-order valence-corrected chi connectivity index (χ4v) is 2.35. The highest BCUT2D eigenvalue weighted by atomic mass is 32.2. The summed E-state index contributed by atoms with van der Waals surface area (Å²) in [4.78, 5) is -0.864. The summed E-state index contributed by atoms with van der Waals surface area (Å²) in [6, 6.07) is 6.64. The lowest BCUT2D eigenvalue weighted by atomic mass is 10.3. The highest BCUT2D eigenvalue weighted by Crippen LogP contribution is 2.23. The molecule has 0 N–H and O–H groups in total. The van der Waals surface area contributed by atoms with Gasteiger partial charge in [-0.15, -0.1) is 0 Å². The van der Waals surface area contributed by atoms with Crippen LogP contribution >= 0.6 is 0 Å². The van der Waals surface area contributed by atoms with Crippen LogP contribution in [0.5, 0.6) is 5.75 Å². The monoisotopic (exact) mass is 288 g/mol. The van der Waals surface area contributed by atoms with Crippen LogP contribution in [0.25, 0.3) is 0 Å². The molecule has 0 heterocycles. The number of para-hydroxylation sites is 1. The fraction of sp³-hybridized carbons (Fsp3) is 0. The van der Waals surface area contributed by atoms with E-state index in [0.717, 1.165) is 18.2 Å². The molecule has 0 aliphatic heterocycles. The van der Waals surface area contributed by atoms with E-state index in [1.165, 1.54) is 12.1 Å². The average molecular weight is 288 g/mol. The Labute approximate surface area is 107 Å². The molecule has 0 spiro atoms. The number of halogens is 3. The van der Waals surface area contributed by atoms with Crippen molar-refractivity contribution in [1.29, 1.82) is 0 Å². The topological polar surface area (TPSA) is 43.4 Å². The quantitative estimate of drug-likeness (QED) is 0.816. The van der Waals surface area contributed by atoms with Crippen LogP contribution in [0.1, 0.15) is 0 Å². The summed E-state index contributed by atoms with van der Waals surface area (Å²) in [7, 11) is -4.56. The molecule has 7 heteroatoms. The molecule has 0 saturated carbocycles. The summed E-state index contributed by atoms with van der Waals surface area (Å²) in [6.45, 7) is 0. The first-order valence-corrected chi connectivity index (χ1v) is 6.45.